The topological polar surface area (TPSA) is 42.0 Å². The van der Waals surface area contributed by atoms with Crippen LogP contribution in [-0.4, -0.2) is 16.9 Å². The lowest BCUT2D eigenvalue weighted by Crippen LogP contribution is -2.36. The van der Waals surface area contributed by atoms with Gasteiger partial charge in [-0.2, -0.15) is 4.39 Å². The number of carbonyl (C=O) groups excluding carboxylic acids is 1. The number of rotatable bonds is 3. The van der Waals surface area contributed by atoms with Crippen molar-refractivity contribution in [2.45, 2.75) is 26.8 Å². The van der Waals surface area contributed by atoms with Gasteiger partial charge >= 0.3 is 0 Å². The summed E-state index contributed by atoms with van der Waals surface area (Å²) in [5.41, 5.74) is 0.113. The van der Waals surface area contributed by atoms with E-state index in [0.717, 1.165) is 0 Å². The Morgan fingerprint density at radius 3 is 2.60 bits per heavy atom. The second-order valence-electron chi connectivity index (χ2n) is 3.85. The maximum Gasteiger partial charge on any atom is 0.270 e. The summed E-state index contributed by atoms with van der Waals surface area (Å²) < 4.78 is 12.7. The Bertz CT molecular complexity index is 352. The van der Waals surface area contributed by atoms with Gasteiger partial charge in [0.05, 0.1) is 0 Å². The zero-order valence-corrected chi connectivity index (χ0v) is 9.12. The molecule has 0 aliphatic rings. The van der Waals surface area contributed by atoms with Crippen LogP contribution in [0.1, 0.15) is 31.3 Å². The molecule has 3 nitrogen and oxygen atoms in total. The Morgan fingerprint density at radius 1 is 1.40 bits per heavy atom. The van der Waals surface area contributed by atoms with E-state index in [1.165, 1.54) is 18.2 Å². The predicted octanol–water partition coefficient (Wildman–Crippen LogP) is 2.00. The van der Waals surface area contributed by atoms with E-state index in [1.807, 2.05) is 20.8 Å². The molecular weight excluding hydrogens is 195 g/mol. The Balaban J connectivity index is 2.69. The van der Waals surface area contributed by atoms with E-state index in [4.69, 9.17) is 0 Å². The molecule has 15 heavy (non-hydrogen) atoms. The van der Waals surface area contributed by atoms with Crippen LogP contribution in [0.2, 0.25) is 0 Å². The van der Waals surface area contributed by atoms with Gasteiger partial charge in [0.15, 0.2) is 0 Å². The number of aromatic nitrogens is 1. The van der Waals surface area contributed by atoms with E-state index in [9.17, 15) is 9.18 Å². The summed E-state index contributed by atoms with van der Waals surface area (Å²) in [6.45, 7) is 5.91. The van der Waals surface area contributed by atoms with Gasteiger partial charge in [0, 0.05) is 6.04 Å². The van der Waals surface area contributed by atoms with Crippen molar-refractivity contribution in [3.05, 3.63) is 29.8 Å². The molecule has 1 aromatic heterocycles. The van der Waals surface area contributed by atoms with Crippen molar-refractivity contribution in [1.29, 1.82) is 0 Å². The quantitative estimate of drug-likeness (QED) is 0.775. The van der Waals surface area contributed by atoms with Crippen molar-refractivity contribution in [2.24, 2.45) is 5.92 Å². The highest BCUT2D eigenvalue weighted by Crippen LogP contribution is 2.03. The first kappa shape index (κ1) is 11.6. The summed E-state index contributed by atoms with van der Waals surface area (Å²) in [5, 5.41) is 2.75. The molecule has 1 rings (SSSR count). The van der Waals surface area contributed by atoms with Crippen LogP contribution in [0.5, 0.6) is 0 Å². The maximum absolute atomic E-state index is 12.7. The number of hydrogen-bond donors (Lipinski definition) is 1. The van der Waals surface area contributed by atoms with Crippen LogP contribution in [-0.2, 0) is 0 Å². The Hall–Kier alpha value is -1.45. The summed E-state index contributed by atoms with van der Waals surface area (Å²) in [6, 6.07) is 4.22. The number of hydrogen-bond acceptors (Lipinski definition) is 2. The number of amides is 1. The summed E-state index contributed by atoms with van der Waals surface area (Å²) in [6.07, 6.45) is 0. The highest BCUT2D eigenvalue weighted by Gasteiger charge is 2.13. The first-order valence-electron chi connectivity index (χ1n) is 4.94. The number of pyridine rings is 1. The van der Waals surface area contributed by atoms with Crippen molar-refractivity contribution in [2.75, 3.05) is 0 Å². The molecule has 0 bridgehead atoms. The number of carbonyl (C=O) groups is 1. The van der Waals surface area contributed by atoms with E-state index in [-0.39, 0.29) is 17.6 Å². The fraction of sp³-hybridized carbons (Fsp3) is 0.455. The van der Waals surface area contributed by atoms with E-state index in [1.54, 1.807) is 0 Å². The van der Waals surface area contributed by atoms with E-state index >= 15 is 0 Å². The van der Waals surface area contributed by atoms with Crippen molar-refractivity contribution in [3.63, 3.8) is 0 Å². The third kappa shape index (κ3) is 3.31. The molecule has 1 aromatic rings. The molecular formula is C11H15FN2O. The van der Waals surface area contributed by atoms with Crippen LogP contribution in [0.4, 0.5) is 4.39 Å². The fourth-order valence-corrected chi connectivity index (χ4v) is 0.982. The van der Waals surface area contributed by atoms with Gasteiger partial charge in [-0.3, -0.25) is 4.79 Å². The van der Waals surface area contributed by atoms with E-state index < -0.39 is 5.95 Å². The molecule has 0 aliphatic heterocycles. The molecule has 0 fully saturated rings. The van der Waals surface area contributed by atoms with E-state index in [2.05, 4.69) is 10.3 Å². The monoisotopic (exact) mass is 210 g/mol. The van der Waals surface area contributed by atoms with Gasteiger partial charge in [-0.15, -0.1) is 0 Å². The first-order chi connectivity index (χ1) is 7.00. The number of nitrogens with zero attached hydrogens (tertiary/aromatic N) is 1. The molecule has 0 saturated carbocycles. The summed E-state index contributed by atoms with van der Waals surface area (Å²) in [4.78, 5) is 15.1. The van der Waals surface area contributed by atoms with Gasteiger partial charge in [-0.05, 0) is 25.0 Å². The van der Waals surface area contributed by atoms with Crippen molar-refractivity contribution < 1.29 is 9.18 Å². The average Bonchev–Trinajstić information content (AvgIpc) is 2.17. The highest BCUT2D eigenvalue weighted by molar-refractivity contribution is 5.92. The lowest BCUT2D eigenvalue weighted by atomic mass is 10.1. The molecule has 1 heterocycles. The van der Waals surface area contributed by atoms with Crippen molar-refractivity contribution in [1.82, 2.24) is 10.3 Å². The van der Waals surface area contributed by atoms with Gasteiger partial charge in [-0.1, -0.05) is 19.9 Å². The van der Waals surface area contributed by atoms with Crippen LogP contribution < -0.4 is 5.32 Å². The molecule has 0 aromatic carbocycles. The summed E-state index contributed by atoms with van der Waals surface area (Å²) >= 11 is 0. The number of nitrogens with one attached hydrogen (secondary N) is 1. The average molecular weight is 210 g/mol. The minimum absolute atomic E-state index is 0.0440. The van der Waals surface area contributed by atoms with Gasteiger partial charge in [0.2, 0.25) is 5.95 Å². The van der Waals surface area contributed by atoms with Crippen LogP contribution in [0.25, 0.3) is 0 Å². The smallest absolute Gasteiger partial charge is 0.270 e. The van der Waals surface area contributed by atoms with Gasteiger partial charge in [0.25, 0.3) is 5.91 Å². The van der Waals surface area contributed by atoms with Gasteiger partial charge in [-0.25, -0.2) is 4.98 Å². The largest absolute Gasteiger partial charge is 0.348 e. The molecule has 1 N–H and O–H groups in total. The number of halogens is 1. The Labute approximate surface area is 88.7 Å². The zero-order chi connectivity index (χ0) is 11.4. The van der Waals surface area contributed by atoms with Gasteiger partial charge in [0.1, 0.15) is 5.69 Å². The molecule has 0 saturated heterocycles. The summed E-state index contributed by atoms with van der Waals surface area (Å²) in [5.74, 6) is -0.641. The molecule has 0 radical (unpaired) electrons. The lowest BCUT2D eigenvalue weighted by molar-refractivity contribution is 0.0924. The molecule has 0 aliphatic carbocycles. The summed E-state index contributed by atoms with van der Waals surface area (Å²) in [7, 11) is 0. The van der Waals surface area contributed by atoms with Crippen LogP contribution in [0.3, 0.4) is 0 Å². The third-order valence-electron chi connectivity index (χ3n) is 2.31. The molecule has 82 valence electrons. The minimum atomic E-state index is -0.639. The molecule has 4 heteroatoms. The normalized spacial score (nSPS) is 12.6. The Morgan fingerprint density at radius 2 is 2.07 bits per heavy atom. The second-order valence-corrected chi connectivity index (χ2v) is 3.85. The van der Waals surface area contributed by atoms with Crippen LogP contribution >= 0.6 is 0 Å². The van der Waals surface area contributed by atoms with Crippen molar-refractivity contribution in [3.8, 4) is 0 Å². The standard InChI is InChI=1S/C11H15FN2O/c1-7(2)8(3)13-11(15)9-5-4-6-10(12)14-9/h4-8H,1-3H3,(H,13,15). The maximum atomic E-state index is 12.7. The first-order valence-corrected chi connectivity index (χ1v) is 4.94. The zero-order valence-electron chi connectivity index (χ0n) is 9.12. The Kier molecular flexibility index (Phi) is 3.77. The molecule has 1 unspecified atom stereocenters. The highest BCUT2D eigenvalue weighted by atomic mass is 19.1. The van der Waals surface area contributed by atoms with Crippen LogP contribution in [0.15, 0.2) is 18.2 Å². The van der Waals surface area contributed by atoms with E-state index in [0.29, 0.717) is 5.92 Å². The van der Waals surface area contributed by atoms with Crippen LogP contribution in [0, 0.1) is 11.9 Å². The van der Waals surface area contributed by atoms with Gasteiger partial charge < -0.3 is 5.32 Å². The molecule has 1 amide bonds. The van der Waals surface area contributed by atoms with Crippen molar-refractivity contribution >= 4 is 5.91 Å². The second kappa shape index (κ2) is 4.87. The minimum Gasteiger partial charge on any atom is -0.348 e. The SMILES string of the molecule is CC(C)C(C)NC(=O)c1cccc(F)n1. The predicted molar refractivity (Wildman–Crippen MR) is 56.0 cm³/mol. The lowest BCUT2D eigenvalue weighted by Gasteiger charge is -2.16. The third-order valence-corrected chi connectivity index (χ3v) is 2.31. The molecule has 1 atom stereocenters. The molecule has 0 spiro atoms. The fourth-order valence-electron chi connectivity index (χ4n) is 0.982.